The molecule has 1 aliphatic rings. The van der Waals surface area contributed by atoms with E-state index in [9.17, 15) is 8.42 Å². The molecule has 0 bridgehead atoms. The molecule has 0 saturated carbocycles. The zero-order valence-electron chi connectivity index (χ0n) is 13.4. The zero-order valence-corrected chi connectivity index (χ0v) is 14.2. The Balaban J connectivity index is 1.60. The zero-order chi connectivity index (χ0) is 17.3. The molecule has 9 heteroatoms. The van der Waals surface area contributed by atoms with Crippen LogP contribution in [0.2, 0.25) is 0 Å². The number of nitrogens with one attached hydrogen (secondary N) is 1. The van der Waals surface area contributed by atoms with E-state index in [1.54, 1.807) is 6.21 Å². The molecule has 0 aromatic heterocycles. The molecule has 1 heterocycles. The van der Waals surface area contributed by atoms with E-state index in [-0.39, 0.29) is 6.54 Å². The fourth-order valence-corrected chi connectivity index (χ4v) is 2.74. The average molecular weight is 355 g/mol. The Kier molecular flexibility index (Phi) is 6.89. The fraction of sp³-hybridized carbons (Fsp3) is 0.400. The maximum atomic E-state index is 11.4. The Hall–Kier alpha value is -2.26. The second kappa shape index (κ2) is 9.14. The summed E-state index contributed by atoms with van der Waals surface area (Å²) in [6.07, 6.45) is 4.47. The van der Waals surface area contributed by atoms with Gasteiger partial charge in [0.05, 0.1) is 26.0 Å². The summed E-state index contributed by atoms with van der Waals surface area (Å²) in [5.74, 6) is 0.724. The quantitative estimate of drug-likeness (QED) is 0.385. The van der Waals surface area contributed by atoms with Crippen molar-refractivity contribution in [2.75, 3.05) is 33.0 Å². The van der Waals surface area contributed by atoms with Crippen molar-refractivity contribution in [2.45, 2.75) is 6.92 Å². The Morgan fingerprint density at radius 2 is 2.00 bits per heavy atom. The van der Waals surface area contributed by atoms with E-state index in [0.717, 1.165) is 11.3 Å². The third-order valence-electron chi connectivity index (χ3n) is 3.00. The van der Waals surface area contributed by atoms with E-state index in [4.69, 9.17) is 14.3 Å². The summed E-state index contributed by atoms with van der Waals surface area (Å²) in [5.41, 5.74) is 0.917. The maximum Gasteiger partial charge on any atom is 0.323 e. The summed E-state index contributed by atoms with van der Waals surface area (Å²) in [7, 11) is -3.39. The molecule has 0 atom stereocenters. The lowest BCUT2D eigenvalue weighted by Gasteiger charge is -2.14. The second-order valence-electron chi connectivity index (χ2n) is 4.73. The number of benzene rings is 1. The summed E-state index contributed by atoms with van der Waals surface area (Å²) < 4.78 is 37.2. The van der Waals surface area contributed by atoms with Crippen LogP contribution in [0.5, 0.6) is 5.75 Å². The lowest BCUT2D eigenvalue weighted by atomic mass is 10.2. The van der Waals surface area contributed by atoms with Gasteiger partial charge in [-0.25, -0.2) is 0 Å². The molecule has 24 heavy (non-hydrogen) atoms. The summed E-state index contributed by atoms with van der Waals surface area (Å²) in [6, 6.07) is 7.41. The maximum absolute atomic E-state index is 11.4. The van der Waals surface area contributed by atoms with Crippen molar-refractivity contribution in [1.29, 1.82) is 0 Å². The summed E-state index contributed by atoms with van der Waals surface area (Å²) in [4.78, 5) is 4.89. The molecule has 1 aromatic rings. The van der Waals surface area contributed by atoms with Crippen LogP contribution in [0.3, 0.4) is 0 Å². The number of hydrogen-bond acceptors (Lipinski definition) is 6. The van der Waals surface area contributed by atoms with Crippen molar-refractivity contribution in [1.82, 2.24) is 9.03 Å². The molecule has 0 fully saturated rings. The molecule has 0 aliphatic carbocycles. The standard InChI is InChI=1S/C15H21N3O5S/c1-2-23-16-13-14-3-5-15(6-4-14)22-12-11-21-10-9-18-8-7-17-24(18,19)20/h3-8,13,17H,2,9-12H2,1H3/b16-13+. The Bertz CT molecular complexity index is 658. The molecule has 0 radical (unpaired) electrons. The van der Waals surface area contributed by atoms with Crippen molar-refractivity contribution < 1.29 is 22.7 Å². The van der Waals surface area contributed by atoms with Crippen LogP contribution in [0, 0.1) is 0 Å². The van der Waals surface area contributed by atoms with Crippen LogP contribution in [0.4, 0.5) is 0 Å². The van der Waals surface area contributed by atoms with Gasteiger partial charge in [0.2, 0.25) is 0 Å². The molecule has 0 spiro atoms. The normalized spacial score (nSPS) is 15.6. The van der Waals surface area contributed by atoms with E-state index in [2.05, 4.69) is 9.88 Å². The molecular weight excluding hydrogens is 334 g/mol. The first-order chi connectivity index (χ1) is 11.6. The van der Waals surface area contributed by atoms with Gasteiger partial charge in [-0.05, 0) is 36.8 Å². The number of ether oxygens (including phenoxy) is 2. The highest BCUT2D eigenvalue weighted by atomic mass is 32.2. The van der Waals surface area contributed by atoms with Crippen LogP contribution in [0.1, 0.15) is 12.5 Å². The Labute approximate surface area is 141 Å². The first kappa shape index (κ1) is 18.1. The van der Waals surface area contributed by atoms with Gasteiger partial charge >= 0.3 is 10.2 Å². The van der Waals surface area contributed by atoms with E-state index in [1.807, 2.05) is 31.2 Å². The Morgan fingerprint density at radius 1 is 1.21 bits per heavy atom. The SMILES string of the molecule is CCO/N=C/c1ccc(OCCOCCN2C=CNS2(=O)=O)cc1. The van der Waals surface area contributed by atoms with Gasteiger partial charge in [0.25, 0.3) is 0 Å². The summed E-state index contributed by atoms with van der Waals surface area (Å²) in [5, 5.41) is 3.79. The van der Waals surface area contributed by atoms with E-state index in [1.165, 1.54) is 16.7 Å². The highest BCUT2D eigenvalue weighted by molar-refractivity contribution is 7.87. The number of hydrogen-bond donors (Lipinski definition) is 1. The lowest BCUT2D eigenvalue weighted by Crippen LogP contribution is -2.31. The van der Waals surface area contributed by atoms with Crippen molar-refractivity contribution in [3.63, 3.8) is 0 Å². The van der Waals surface area contributed by atoms with E-state index >= 15 is 0 Å². The topological polar surface area (TPSA) is 89.5 Å². The molecule has 0 unspecified atom stereocenters. The number of oxime groups is 1. The fourth-order valence-electron chi connectivity index (χ4n) is 1.84. The van der Waals surface area contributed by atoms with Gasteiger partial charge < -0.3 is 14.3 Å². The molecule has 1 N–H and O–H groups in total. The van der Waals surface area contributed by atoms with Crippen molar-refractivity contribution in [3.05, 3.63) is 42.2 Å². The van der Waals surface area contributed by atoms with E-state index in [0.29, 0.717) is 26.4 Å². The van der Waals surface area contributed by atoms with Crippen molar-refractivity contribution >= 4 is 16.4 Å². The average Bonchev–Trinajstić information content (AvgIpc) is 2.91. The molecule has 132 valence electrons. The number of rotatable bonds is 10. The summed E-state index contributed by atoms with van der Waals surface area (Å²) in [6.45, 7) is 3.72. The van der Waals surface area contributed by atoms with Gasteiger partial charge in [0, 0.05) is 12.4 Å². The second-order valence-corrected chi connectivity index (χ2v) is 6.39. The monoisotopic (exact) mass is 355 g/mol. The van der Waals surface area contributed by atoms with E-state index < -0.39 is 10.2 Å². The predicted octanol–water partition coefficient (Wildman–Crippen LogP) is 1.07. The molecule has 0 saturated heterocycles. The third kappa shape index (κ3) is 5.74. The lowest BCUT2D eigenvalue weighted by molar-refractivity contribution is 0.0967. The van der Waals surface area contributed by atoms with Gasteiger partial charge in [-0.2, -0.15) is 8.42 Å². The van der Waals surface area contributed by atoms with Crippen LogP contribution in [-0.4, -0.2) is 51.9 Å². The predicted molar refractivity (Wildman–Crippen MR) is 89.9 cm³/mol. The molecular formula is C15H21N3O5S. The van der Waals surface area contributed by atoms with Gasteiger partial charge in [-0.15, -0.1) is 0 Å². The van der Waals surface area contributed by atoms with Crippen molar-refractivity contribution in [2.24, 2.45) is 5.16 Å². The number of nitrogens with zero attached hydrogens (tertiary/aromatic N) is 2. The van der Waals surface area contributed by atoms with Gasteiger partial charge in [0.15, 0.2) is 0 Å². The van der Waals surface area contributed by atoms with Crippen LogP contribution in [-0.2, 0) is 19.8 Å². The minimum absolute atomic E-state index is 0.264. The Morgan fingerprint density at radius 3 is 2.67 bits per heavy atom. The van der Waals surface area contributed by atoms with Crippen LogP contribution < -0.4 is 9.46 Å². The molecule has 8 nitrogen and oxygen atoms in total. The summed E-state index contributed by atoms with van der Waals surface area (Å²) >= 11 is 0. The van der Waals surface area contributed by atoms with Crippen LogP contribution in [0.25, 0.3) is 0 Å². The minimum atomic E-state index is -3.39. The molecule has 1 aromatic carbocycles. The molecule has 2 rings (SSSR count). The first-order valence-corrected chi connectivity index (χ1v) is 8.97. The molecule has 1 aliphatic heterocycles. The smallest absolute Gasteiger partial charge is 0.323 e. The first-order valence-electron chi connectivity index (χ1n) is 7.53. The largest absolute Gasteiger partial charge is 0.491 e. The van der Waals surface area contributed by atoms with Crippen LogP contribution >= 0.6 is 0 Å². The minimum Gasteiger partial charge on any atom is -0.491 e. The highest BCUT2D eigenvalue weighted by Gasteiger charge is 2.20. The molecule has 0 amide bonds. The van der Waals surface area contributed by atoms with Crippen molar-refractivity contribution in [3.8, 4) is 5.75 Å². The third-order valence-corrected chi connectivity index (χ3v) is 4.36. The van der Waals surface area contributed by atoms with Gasteiger partial charge in [-0.3, -0.25) is 9.03 Å². The van der Waals surface area contributed by atoms with Gasteiger partial charge in [0.1, 0.15) is 19.0 Å². The highest BCUT2D eigenvalue weighted by Crippen LogP contribution is 2.11. The van der Waals surface area contributed by atoms with Crippen LogP contribution in [0.15, 0.2) is 41.8 Å². The van der Waals surface area contributed by atoms with Gasteiger partial charge in [-0.1, -0.05) is 5.16 Å².